The zero-order valence-electron chi connectivity index (χ0n) is 10.5. The first-order chi connectivity index (χ1) is 8.20. The van der Waals surface area contributed by atoms with Crippen LogP contribution in [0.4, 0.5) is 0 Å². The molecule has 1 N–H and O–H groups in total. The van der Waals surface area contributed by atoms with Crippen LogP contribution >= 0.6 is 0 Å². The predicted octanol–water partition coefficient (Wildman–Crippen LogP) is 2.29. The van der Waals surface area contributed by atoms with Crippen LogP contribution < -0.4 is 5.32 Å². The Morgan fingerprint density at radius 1 is 1.47 bits per heavy atom. The maximum absolute atomic E-state index is 11.9. The largest absolute Gasteiger partial charge is 0.459 e. The van der Waals surface area contributed by atoms with E-state index in [0.29, 0.717) is 5.56 Å². The first-order valence-corrected chi connectivity index (χ1v) is 6.24. The van der Waals surface area contributed by atoms with Crippen LogP contribution in [-0.4, -0.2) is 18.6 Å². The van der Waals surface area contributed by atoms with E-state index in [1.54, 1.807) is 0 Å². The van der Waals surface area contributed by atoms with Crippen molar-refractivity contribution in [2.75, 3.05) is 6.54 Å². The molecule has 0 amide bonds. The number of ether oxygens (including phenoxy) is 1. The first kappa shape index (κ1) is 12.1. The monoisotopic (exact) mass is 233 g/mol. The molecule has 1 unspecified atom stereocenters. The van der Waals surface area contributed by atoms with Gasteiger partial charge in [0, 0.05) is 6.54 Å². The lowest BCUT2D eigenvalue weighted by Gasteiger charge is -2.18. The molecule has 1 aliphatic heterocycles. The van der Waals surface area contributed by atoms with Gasteiger partial charge in [-0.05, 0) is 49.6 Å². The van der Waals surface area contributed by atoms with Gasteiger partial charge in [0.15, 0.2) is 0 Å². The maximum Gasteiger partial charge on any atom is 0.338 e. The van der Waals surface area contributed by atoms with Crippen LogP contribution in [0, 0.1) is 0 Å². The van der Waals surface area contributed by atoms with Gasteiger partial charge in [-0.3, -0.25) is 0 Å². The Hall–Kier alpha value is -1.35. The number of benzene rings is 1. The summed E-state index contributed by atoms with van der Waals surface area (Å²) in [6, 6.07) is 5.87. The fourth-order valence-electron chi connectivity index (χ4n) is 1.94. The van der Waals surface area contributed by atoms with Crippen LogP contribution in [0.25, 0.3) is 0 Å². The van der Waals surface area contributed by atoms with E-state index in [1.165, 1.54) is 11.1 Å². The van der Waals surface area contributed by atoms with E-state index in [4.69, 9.17) is 4.74 Å². The molecule has 92 valence electrons. The van der Waals surface area contributed by atoms with E-state index in [0.717, 1.165) is 25.9 Å². The molecule has 0 aromatic heterocycles. The van der Waals surface area contributed by atoms with Crippen LogP contribution in [0.2, 0.25) is 0 Å². The van der Waals surface area contributed by atoms with Crippen molar-refractivity contribution >= 4 is 5.97 Å². The highest BCUT2D eigenvalue weighted by molar-refractivity contribution is 5.89. The fraction of sp³-hybridized carbons (Fsp3) is 0.500. The van der Waals surface area contributed by atoms with E-state index in [-0.39, 0.29) is 12.1 Å². The Kier molecular flexibility index (Phi) is 3.79. The molecule has 1 aromatic rings. The molecule has 2 rings (SSSR count). The Balaban J connectivity index is 2.13. The predicted molar refractivity (Wildman–Crippen MR) is 67.0 cm³/mol. The van der Waals surface area contributed by atoms with Gasteiger partial charge in [0.2, 0.25) is 0 Å². The third-order valence-electron chi connectivity index (χ3n) is 3.21. The van der Waals surface area contributed by atoms with E-state index in [2.05, 4.69) is 5.32 Å². The molecule has 0 radical (unpaired) electrons. The SMILES string of the molecule is CCC(C)OC(=O)c1ccc2c(c1)CNCC2. The van der Waals surface area contributed by atoms with E-state index >= 15 is 0 Å². The molecular weight excluding hydrogens is 214 g/mol. The number of hydrogen-bond donors (Lipinski definition) is 1. The normalized spacial score (nSPS) is 16.1. The Morgan fingerprint density at radius 3 is 3.06 bits per heavy atom. The van der Waals surface area contributed by atoms with Gasteiger partial charge in [-0.1, -0.05) is 13.0 Å². The Bertz CT molecular complexity index is 415. The third-order valence-corrected chi connectivity index (χ3v) is 3.21. The van der Waals surface area contributed by atoms with Gasteiger partial charge in [0.25, 0.3) is 0 Å². The second-order valence-electron chi connectivity index (χ2n) is 4.53. The summed E-state index contributed by atoms with van der Waals surface area (Å²) < 4.78 is 5.32. The number of nitrogens with one attached hydrogen (secondary N) is 1. The molecular formula is C14H19NO2. The molecule has 1 aliphatic rings. The van der Waals surface area contributed by atoms with Gasteiger partial charge in [0.05, 0.1) is 11.7 Å². The fourth-order valence-corrected chi connectivity index (χ4v) is 1.94. The highest BCUT2D eigenvalue weighted by Gasteiger charge is 2.14. The number of carbonyl (C=O) groups is 1. The average molecular weight is 233 g/mol. The van der Waals surface area contributed by atoms with Gasteiger partial charge < -0.3 is 10.1 Å². The van der Waals surface area contributed by atoms with Gasteiger partial charge in [-0.25, -0.2) is 4.79 Å². The molecule has 17 heavy (non-hydrogen) atoms. The molecule has 0 aliphatic carbocycles. The van der Waals surface area contributed by atoms with Crippen molar-refractivity contribution < 1.29 is 9.53 Å². The van der Waals surface area contributed by atoms with Gasteiger partial charge in [-0.2, -0.15) is 0 Å². The summed E-state index contributed by atoms with van der Waals surface area (Å²) in [5.74, 6) is -0.215. The lowest BCUT2D eigenvalue weighted by molar-refractivity contribution is 0.0334. The zero-order valence-corrected chi connectivity index (χ0v) is 10.5. The van der Waals surface area contributed by atoms with Crippen molar-refractivity contribution in [2.24, 2.45) is 0 Å². The molecule has 0 fully saturated rings. The number of esters is 1. The molecule has 0 bridgehead atoms. The van der Waals surface area contributed by atoms with E-state index in [1.807, 2.05) is 32.0 Å². The number of fused-ring (bicyclic) bond motifs is 1. The summed E-state index contributed by atoms with van der Waals surface area (Å²) in [5.41, 5.74) is 3.21. The summed E-state index contributed by atoms with van der Waals surface area (Å²) in [5, 5.41) is 3.31. The minimum atomic E-state index is -0.215. The summed E-state index contributed by atoms with van der Waals surface area (Å²) in [6.07, 6.45) is 1.87. The molecule has 0 saturated carbocycles. The second kappa shape index (κ2) is 5.32. The van der Waals surface area contributed by atoms with Crippen LogP contribution in [0.15, 0.2) is 18.2 Å². The highest BCUT2D eigenvalue weighted by atomic mass is 16.5. The second-order valence-corrected chi connectivity index (χ2v) is 4.53. The van der Waals surface area contributed by atoms with Crippen LogP contribution in [-0.2, 0) is 17.7 Å². The number of carbonyl (C=O) groups excluding carboxylic acids is 1. The summed E-state index contributed by atoms with van der Waals surface area (Å²) >= 11 is 0. The van der Waals surface area contributed by atoms with Crippen molar-refractivity contribution in [1.82, 2.24) is 5.32 Å². The highest BCUT2D eigenvalue weighted by Crippen LogP contribution is 2.17. The lowest BCUT2D eigenvalue weighted by atomic mass is 9.98. The topological polar surface area (TPSA) is 38.3 Å². The van der Waals surface area contributed by atoms with Crippen LogP contribution in [0.5, 0.6) is 0 Å². The van der Waals surface area contributed by atoms with E-state index in [9.17, 15) is 4.79 Å². The summed E-state index contributed by atoms with van der Waals surface area (Å²) in [4.78, 5) is 11.9. The minimum absolute atomic E-state index is 0.0170. The minimum Gasteiger partial charge on any atom is -0.459 e. The van der Waals surface area contributed by atoms with Crippen molar-refractivity contribution in [2.45, 2.75) is 39.3 Å². The Morgan fingerprint density at radius 2 is 2.29 bits per heavy atom. The molecule has 0 spiro atoms. The van der Waals surface area contributed by atoms with Crippen molar-refractivity contribution in [1.29, 1.82) is 0 Å². The maximum atomic E-state index is 11.9. The van der Waals surface area contributed by atoms with Crippen molar-refractivity contribution in [3.05, 3.63) is 34.9 Å². The van der Waals surface area contributed by atoms with Crippen molar-refractivity contribution in [3.63, 3.8) is 0 Å². The zero-order chi connectivity index (χ0) is 12.3. The van der Waals surface area contributed by atoms with E-state index < -0.39 is 0 Å². The third kappa shape index (κ3) is 2.86. The molecule has 1 heterocycles. The summed E-state index contributed by atoms with van der Waals surface area (Å²) in [6.45, 7) is 5.79. The quantitative estimate of drug-likeness (QED) is 0.814. The standard InChI is InChI=1S/C14H19NO2/c1-3-10(2)17-14(16)12-5-4-11-6-7-15-9-13(11)8-12/h4-5,8,10,15H,3,6-7,9H2,1-2H3. The smallest absolute Gasteiger partial charge is 0.338 e. The number of hydrogen-bond acceptors (Lipinski definition) is 3. The first-order valence-electron chi connectivity index (χ1n) is 6.24. The van der Waals surface area contributed by atoms with Crippen LogP contribution in [0.1, 0.15) is 41.8 Å². The average Bonchev–Trinajstić information content (AvgIpc) is 2.38. The molecule has 1 atom stereocenters. The molecule has 3 heteroatoms. The van der Waals surface area contributed by atoms with Crippen molar-refractivity contribution in [3.8, 4) is 0 Å². The van der Waals surface area contributed by atoms with Gasteiger partial charge in [-0.15, -0.1) is 0 Å². The molecule has 1 aromatic carbocycles. The van der Waals surface area contributed by atoms with Crippen LogP contribution in [0.3, 0.4) is 0 Å². The van der Waals surface area contributed by atoms with Gasteiger partial charge in [0.1, 0.15) is 0 Å². The lowest BCUT2D eigenvalue weighted by Crippen LogP contribution is -2.24. The van der Waals surface area contributed by atoms with Gasteiger partial charge >= 0.3 is 5.97 Å². The molecule has 3 nitrogen and oxygen atoms in total. The molecule has 0 saturated heterocycles. The summed E-state index contributed by atoms with van der Waals surface area (Å²) in [7, 11) is 0. The Labute approximate surface area is 102 Å². The number of rotatable bonds is 3.